The fourth-order valence-electron chi connectivity index (χ4n) is 2.71. The molecule has 0 aliphatic heterocycles. The summed E-state index contributed by atoms with van der Waals surface area (Å²) in [5.41, 5.74) is -0.0154. The van der Waals surface area contributed by atoms with Gasteiger partial charge in [0.1, 0.15) is 6.04 Å². The molecule has 0 saturated heterocycles. The van der Waals surface area contributed by atoms with Gasteiger partial charge < -0.3 is 15.2 Å². The average molecular weight is 257 g/mol. The molecule has 0 aromatic rings. The number of ether oxygens (including phenoxy) is 1. The van der Waals surface area contributed by atoms with E-state index in [1.165, 1.54) is 20.0 Å². The summed E-state index contributed by atoms with van der Waals surface area (Å²) in [7, 11) is 1.43. The van der Waals surface area contributed by atoms with E-state index in [1.54, 1.807) is 0 Å². The number of nitrogens with one attached hydrogen (secondary N) is 1. The maximum atomic E-state index is 11.7. The molecule has 0 aromatic carbocycles. The van der Waals surface area contributed by atoms with Crippen LogP contribution in [0.1, 0.15) is 51.9 Å². The molecule has 1 saturated carbocycles. The number of rotatable bonds is 8. The largest absolute Gasteiger partial charge is 0.468 e. The summed E-state index contributed by atoms with van der Waals surface area (Å²) in [5.74, 6) is -0.186. The molecular formula is C14H27NO3. The van der Waals surface area contributed by atoms with E-state index >= 15 is 0 Å². The fourth-order valence-corrected chi connectivity index (χ4v) is 2.71. The van der Waals surface area contributed by atoms with Crippen LogP contribution in [-0.2, 0) is 9.53 Å². The first kappa shape index (κ1) is 15.4. The number of aliphatic hydroxyl groups is 1. The molecule has 2 N–H and O–H groups in total. The molecule has 4 nitrogen and oxygen atoms in total. The maximum Gasteiger partial charge on any atom is 0.322 e. The third kappa shape index (κ3) is 4.25. The van der Waals surface area contributed by atoms with E-state index in [1.807, 2.05) is 0 Å². The van der Waals surface area contributed by atoms with E-state index in [0.717, 1.165) is 32.1 Å². The van der Waals surface area contributed by atoms with Gasteiger partial charge in [-0.2, -0.15) is 0 Å². The molecule has 1 fully saturated rings. The van der Waals surface area contributed by atoms with Gasteiger partial charge in [0, 0.05) is 18.6 Å². The van der Waals surface area contributed by atoms with Crippen LogP contribution in [0.3, 0.4) is 0 Å². The van der Waals surface area contributed by atoms with Crippen LogP contribution in [0.2, 0.25) is 0 Å². The van der Waals surface area contributed by atoms with Gasteiger partial charge in [0.25, 0.3) is 0 Å². The molecule has 1 unspecified atom stereocenters. The van der Waals surface area contributed by atoms with Gasteiger partial charge in [0.05, 0.1) is 7.11 Å². The molecule has 0 radical (unpaired) electrons. The molecule has 18 heavy (non-hydrogen) atoms. The first-order chi connectivity index (χ1) is 8.67. The number of hydrogen-bond donors (Lipinski definition) is 2. The Morgan fingerprint density at radius 2 is 2.11 bits per heavy atom. The van der Waals surface area contributed by atoms with Gasteiger partial charge in [0.2, 0.25) is 0 Å². The van der Waals surface area contributed by atoms with Crippen molar-refractivity contribution in [3.63, 3.8) is 0 Å². The lowest BCUT2D eigenvalue weighted by molar-refractivity contribution is -0.143. The molecule has 106 valence electrons. The van der Waals surface area contributed by atoms with Gasteiger partial charge in [-0.1, -0.05) is 32.6 Å². The quantitative estimate of drug-likeness (QED) is 0.652. The zero-order valence-corrected chi connectivity index (χ0v) is 11.7. The van der Waals surface area contributed by atoms with Crippen molar-refractivity contribution < 1.29 is 14.6 Å². The van der Waals surface area contributed by atoms with Crippen molar-refractivity contribution in [2.24, 2.45) is 5.41 Å². The van der Waals surface area contributed by atoms with Crippen molar-refractivity contribution in [2.75, 3.05) is 20.3 Å². The van der Waals surface area contributed by atoms with Crippen LogP contribution in [0.5, 0.6) is 0 Å². The first-order valence-corrected chi connectivity index (χ1v) is 7.09. The summed E-state index contributed by atoms with van der Waals surface area (Å²) in [6.07, 6.45) is 7.36. The Kier molecular flexibility index (Phi) is 6.65. The maximum absolute atomic E-state index is 11.7. The van der Waals surface area contributed by atoms with Crippen LogP contribution >= 0.6 is 0 Å². The van der Waals surface area contributed by atoms with Crippen LogP contribution in [-0.4, -0.2) is 37.4 Å². The molecule has 1 atom stereocenters. The van der Waals surface area contributed by atoms with Crippen LogP contribution in [0.15, 0.2) is 0 Å². The Morgan fingerprint density at radius 1 is 1.44 bits per heavy atom. The Labute approximate surface area is 110 Å². The van der Waals surface area contributed by atoms with E-state index < -0.39 is 0 Å². The molecule has 0 heterocycles. The average Bonchev–Trinajstić information content (AvgIpc) is 2.87. The topological polar surface area (TPSA) is 58.6 Å². The van der Waals surface area contributed by atoms with Gasteiger partial charge in [-0.3, -0.25) is 4.79 Å². The second-order valence-electron chi connectivity index (χ2n) is 5.46. The highest BCUT2D eigenvalue weighted by molar-refractivity contribution is 5.75. The minimum atomic E-state index is -0.223. The summed E-state index contributed by atoms with van der Waals surface area (Å²) in [6.45, 7) is 3.04. The van der Waals surface area contributed by atoms with Crippen molar-refractivity contribution >= 4 is 5.97 Å². The summed E-state index contributed by atoms with van der Waals surface area (Å²) >= 11 is 0. The van der Waals surface area contributed by atoms with Gasteiger partial charge in [0.15, 0.2) is 0 Å². The highest BCUT2D eigenvalue weighted by Crippen LogP contribution is 2.37. The van der Waals surface area contributed by atoms with Gasteiger partial charge in [-0.05, 0) is 19.3 Å². The molecule has 1 aliphatic carbocycles. The lowest BCUT2D eigenvalue weighted by Gasteiger charge is -2.29. The van der Waals surface area contributed by atoms with Crippen LogP contribution < -0.4 is 5.32 Å². The molecular weight excluding hydrogens is 230 g/mol. The van der Waals surface area contributed by atoms with Crippen LogP contribution in [0, 0.1) is 5.41 Å². The second kappa shape index (κ2) is 7.74. The van der Waals surface area contributed by atoms with Crippen molar-refractivity contribution in [3.05, 3.63) is 0 Å². The fraction of sp³-hybridized carbons (Fsp3) is 0.929. The minimum Gasteiger partial charge on any atom is -0.468 e. The van der Waals surface area contributed by atoms with Crippen LogP contribution in [0.25, 0.3) is 0 Å². The monoisotopic (exact) mass is 257 g/mol. The normalized spacial score (nSPS) is 19.7. The number of carbonyl (C=O) groups excluding carboxylic acids is 1. The lowest BCUT2D eigenvalue weighted by Crippen LogP contribution is -2.44. The van der Waals surface area contributed by atoms with Gasteiger partial charge in [-0.15, -0.1) is 0 Å². The summed E-state index contributed by atoms with van der Waals surface area (Å²) in [6, 6.07) is -0.223. The Morgan fingerprint density at radius 3 is 2.61 bits per heavy atom. The van der Waals surface area contributed by atoms with E-state index in [0.29, 0.717) is 6.54 Å². The summed E-state index contributed by atoms with van der Waals surface area (Å²) in [4.78, 5) is 11.7. The van der Waals surface area contributed by atoms with Crippen molar-refractivity contribution in [2.45, 2.75) is 57.9 Å². The molecule has 0 amide bonds. The zero-order chi connectivity index (χ0) is 13.4. The predicted molar refractivity (Wildman–Crippen MR) is 71.3 cm³/mol. The molecule has 0 bridgehead atoms. The number of carbonyl (C=O) groups is 1. The van der Waals surface area contributed by atoms with Crippen molar-refractivity contribution in [1.82, 2.24) is 5.32 Å². The smallest absolute Gasteiger partial charge is 0.322 e. The highest BCUT2D eigenvalue weighted by atomic mass is 16.5. The Bertz CT molecular complexity index is 249. The number of methoxy groups -OCH3 is 1. The van der Waals surface area contributed by atoms with Gasteiger partial charge >= 0.3 is 5.97 Å². The standard InChI is InChI=1S/C14H27NO3/c1-3-4-7-12(13(17)18-2)15-10-14(11-16)8-5-6-9-14/h12,15-16H,3-11H2,1-2H3. The lowest BCUT2D eigenvalue weighted by atomic mass is 9.87. The third-order valence-corrected chi connectivity index (χ3v) is 4.06. The minimum absolute atomic E-state index is 0.0154. The van der Waals surface area contributed by atoms with E-state index in [-0.39, 0.29) is 24.0 Å². The van der Waals surface area contributed by atoms with Crippen LogP contribution in [0.4, 0.5) is 0 Å². The SMILES string of the molecule is CCCCC(NCC1(CO)CCCC1)C(=O)OC. The molecule has 4 heteroatoms. The Balaban J connectivity index is 2.46. The van der Waals surface area contributed by atoms with E-state index in [4.69, 9.17) is 4.74 Å². The zero-order valence-electron chi connectivity index (χ0n) is 11.7. The summed E-state index contributed by atoms with van der Waals surface area (Å²) in [5, 5.41) is 12.8. The number of esters is 1. The molecule has 0 aromatic heterocycles. The number of hydrogen-bond acceptors (Lipinski definition) is 4. The number of aliphatic hydroxyl groups excluding tert-OH is 1. The number of unbranched alkanes of at least 4 members (excludes halogenated alkanes) is 1. The van der Waals surface area contributed by atoms with Crippen molar-refractivity contribution in [3.8, 4) is 0 Å². The molecule has 1 aliphatic rings. The third-order valence-electron chi connectivity index (χ3n) is 4.06. The van der Waals surface area contributed by atoms with Crippen molar-refractivity contribution in [1.29, 1.82) is 0 Å². The second-order valence-corrected chi connectivity index (χ2v) is 5.46. The Hall–Kier alpha value is -0.610. The first-order valence-electron chi connectivity index (χ1n) is 7.09. The van der Waals surface area contributed by atoms with Gasteiger partial charge in [-0.25, -0.2) is 0 Å². The predicted octanol–water partition coefficient (Wildman–Crippen LogP) is 1.86. The summed E-state index contributed by atoms with van der Waals surface area (Å²) < 4.78 is 4.83. The molecule has 0 spiro atoms. The highest BCUT2D eigenvalue weighted by Gasteiger charge is 2.34. The van der Waals surface area contributed by atoms with E-state index in [9.17, 15) is 9.90 Å². The van der Waals surface area contributed by atoms with E-state index in [2.05, 4.69) is 12.2 Å². The molecule has 1 rings (SSSR count).